The molecule has 1 unspecified atom stereocenters. The molecule has 4 heteroatoms. The summed E-state index contributed by atoms with van der Waals surface area (Å²) in [6.07, 6.45) is 3.63. The van der Waals surface area contributed by atoms with Crippen molar-refractivity contribution >= 4 is 17.6 Å². The monoisotopic (exact) mass is 295 g/mol. The summed E-state index contributed by atoms with van der Waals surface area (Å²) in [6, 6.07) is 8.51. The fourth-order valence-corrected chi connectivity index (χ4v) is 3.06. The Morgan fingerprint density at radius 1 is 1.35 bits per heavy atom. The summed E-state index contributed by atoms with van der Waals surface area (Å²) < 4.78 is 0. The van der Waals surface area contributed by atoms with Gasteiger partial charge < -0.3 is 10.0 Å². The molecular formula is C16H22ClNO2. The van der Waals surface area contributed by atoms with E-state index in [4.69, 9.17) is 16.7 Å². The first-order valence-electron chi connectivity index (χ1n) is 7.31. The van der Waals surface area contributed by atoms with Gasteiger partial charge in [0.1, 0.15) is 0 Å². The molecule has 3 nitrogen and oxygen atoms in total. The first kappa shape index (κ1) is 15.3. The molecule has 1 saturated heterocycles. The van der Waals surface area contributed by atoms with Gasteiger partial charge in [0, 0.05) is 11.1 Å². The second kappa shape index (κ2) is 7.09. The third-order valence-corrected chi connectivity index (χ3v) is 4.50. The zero-order chi connectivity index (χ0) is 14.5. The number of hydrogen-bond donors (Lipinski definition) is 1. The van der Waals surface area contributed by atoms with E-state index in [0.29, 0.717) is 6.04 Å². The quantitative estimate of drug-likeness (QED) is 0.904. The van der Waals surface area contributed by atoms with E-state index in [1.54, 1.807) is 0 Å². The molecule has 1 heterocycles. The third-order valence-electron chi connectivity index (χ3n) is 4.25. The molecule has 1 aliphatic heterocycles. The van der Waals surface area contributed by atoms with Gasteiger partial charge in [0.25, 0.3) is 0 Å². The van der Waals surface area contributed by atoms with Crippen molar-refractivity contribution in [3.05, 3.63) is 34.9 Å². The van der Waals surface area contributed by atoms with Gasteiger partial charge in [-0.15, -0.1) is 0 Å². The van der Waals surface area contributed by atoms with Gasteiger partial charge in [-0.1, -0.05) is 30.7 Å². The molecule has 1 N–H and O–H groups in total. The van der Waals surface area contributed by atoms with Crippen LogP contribution in [0, 0.1) is 5.92 Å². The molecule has 0 radical (unpaired) electrons. The lowest BCUT2D eigenvalue weighted by molar-refractivity contribution is -0.143. The van der Waals surface area contributed by atoms with Crippen LogP contribution in [0.5, 0.6) is 0 Å². The highest BCUT2D eigenvalue weighted by Crippen LogP contribution is 2.22. The molecule has 1 aliphatic rings. The van der Waals surface area contributed by atoms with E-state index in [1.165, 1.54) is 5.56 Å². The minimum absolute atomic E-state index is 0.153. The molecule has 2 rings (SSSR count). The number of carboxylic acid groups (broad SMARTS) is 1. The Labute approximate surface area is 125 Å². The van der Waals surface area contributed by atoms with Crippen molar-refractivity contribution in [3.63, 3.8) is 0 Å². The summed E-state index contributed by atoms with van der Waals surface area (Å²) in [6.45, 7) is 3.98. The zero-order valence-corrected chi connectivity index (χ0v) is 12.6. The molecule has 0 saturated carbocycles. The molecule has 1 aromatic carbocycles. The van der Waals surface area contributed by atoms with Gasteiger partial charge in [-0.3, -0.25) is 4.79 Å². The number of piperidine rings is 1. The SMILES string of the molecule is CCC(Cc1ccc(Cl)cc1)N1CCC(C(=O)O)CC1. The Kier molecular flexibility index (Phi) is 5.44. The van der Waals surface area contributed by atoms with Crippen LogP contribution in [0.3, 0.4) is 0 Å². The molecule has 1 aromatic rings. The second-order valence-corrected chi connectivity index (χ2v) is 5.98. The lowest BCUT2D eigenvalue weighted by Crippen LogP contribution is -2.43. The normalized spacial score (nSPS) is 18.9. The summed E-state index contributed by atoms with van der Waals surface area (Å²) in [4.78, 5) is 13.4. The van der Waals surface area contributed by atoms with E-state index in [9.17, 15) is 4.79 Å². The van der Waals surface area contributed by atoms with Crippen molar-refractivity contribution in [2.45, 2.75) is 38.6 Å². The van der Waals surface area contributed by atoms with Crippen molar-refractivity contribution in [3.8, 4) is 0 Å². The maximum absolute atomic E-state index is 11.0. The molecule has 110 valence electrons. The number of likely N-dealkylation sites (tertiary alicyclic amines) is 1. The van der Waals surface area contributed by atoms with Gasteiger partial charge in [-0.2, -0.15) is 0 Å². The first-order valence-corrected chi connectivity index (χ1v) is 7.69. The molecule has 20 heavy (non-hydrogen) atoms. The van der Waals surface area contributed by atoms with Crippen LogP contribution in [-0.4, -0.2) is 35.1 Å². The molecular weight excluding hydrogens is 274 g/mol. The molecule has 0 aliphatic carbocycles. The van der Waals surface area contributed by atoms with E-state index in [-0.39, 0.29) is 5.92 Å². The number of nitrogens with zero attached hydrogens (tertiary/aromatic N) is 1. The minimum atomic E-state index is -0.643. The summed E-state index contributed by atoms with van der Waals surface area (Å²) in [5.41, 5.74) is 1.29. The Morgan fingerprint density at radius 2 is 1.95 bits per heavy atom. The van der Waals surface area contributed by atoms with Crippen molar-refractivity contribution in [1.29, 1.82) is 0 Å². The van der Waals surface area contributed by atoms with Crippen LogP contribution >= 0.6 is 11.6 Å². The van der Waals surface area contributed by atoms with E-state index in [2.05, 4.69) is 24.0 Å². The standard InChI is InChI=1S/C16H22ClNO2/c1-2-15(11-12-3-5-14(17)6-4-12)18-9-7-13(8-10-18)16(19)20/h3-6,13,15H,2,7-11H2,1H3,(H,19,20). The van der Waals surface area contributed by atoms with E-state index in [1.807, 2.05) is 12.1 Å². The van der Waals surface area contributed by atoms with Crippen LogP contribution in [0.15, 0.2) is 24.3 Å². The van der Waals surface area contributed by atoms with E-state index >= 15 is 0 Å². The maximum atomic E-state index is 11.0. The highest BCUT2D eigenvalue weighted by Gasteiger charge is 2.27. The van der Waals surface area contributed by atoms with Crippen LogP contribution in [0.4, 0.5) is 0 Å². The Bertz CT molecular complexity index is 438. The largest absolute Gasteiger partial charge is 0.481 e. The maximum Gasteiger partial charge on any atom is 0.306 e. The molecule has 1 atom stereocenters. The minimum Gasteiger partial charge on any atom is -0.481 e. The number of carbonyl (C=O) groups is 1. The Hall–Kier alpha value is -1.06. The molecule has 0 spiro atoms. The number of rotatable bonds is 5. The number of carboxylic acids is 1. The number of benzene rings is 1. The Balaban J connectivity index is 1.92. The molecule has 0 aromatic heterocycles. The average molecular weight is 296 g/mol. The van der Waals surface area contributed by atoms with Crippen LogP contribution < -0.4 is 0 Å². The summed E-state index contributed by atoms with van der Waals surface area (Å²) in [7, 11) is 0. The third kappa shape index (κ3) is 3.97. The van der Waals surface area contributed by atoms with Crippen molar-refractivity contribution in [1.82, 2.24) is 4.90 Å². The zero-order valence-electron chi connectivity index (χ0n) is 11.9. The highest BCUT2D eigenvalue weighted by atomic mass is 35.5. The van der Waals surface area contributed by atoms with Crippen LogP contribution in [-0.2, 0) is 11.2 Å². The number of hydrogen-bond acceptors (Lipinski definition) is 2. The summed E-state index contributed by atoms with van der Waals surface area (Å²) >= 11 is 5.91. The van der Waals surface area contributed by atoms with Crippen molar-refractivity contribution in [2.24, 2.45) is 5.92 Å². The van der Waals surface area contributed by atoms with Gasteiger partial charge in [0.15, 0.2) is 0 Å². The van der Waals surface area contributed by atoms with Crippen LogP contribution in [0.25, 0.3) is 0 Å². The van der Waals surface area contributed by atoms with Gasteiger partial charge in [-0.05, 0) is 56.5 Å². The second-order valence-electron chi connectivity index (χ2n) is 5.54. The topological polar surface area (TPSA) is 40.5 Å². The van der Waals surface area contributed by atoms with Crippen LogP contribution in [0.2, 0.25) is 5.02 Å². The van der Waals surface area contributed by atoms with Crippen molar-refractivity contribution in [2.75, 3.05) is 13.1 Å². The highest BCUT2D eigenvalue weighted by molar-refractivity contribution is 6.30. The van der Waals surface area contributed by atoms with Gasteiger partial charge in [0.2, 0.25) is 0 Å². The van der Waals surface area contributed by atoms with Crippen LogP contribution in [0.1, 0.15) is 31.7 Å². The van der Waals surface area contributed by atoms with E-state index in [0.717, 1.165) is 43.8 Å². The predicted octanol–water partition coefficient (Wildman–Crippen LogP) is 3.46. The smallest absolute Gasteiger partial charge is 0.306 e. The fourth-order valence-electron chi connectivity index (χ4n) is 2.94. The predicted molar refractivity (Wildman–Crippen MR) is 81.2 cm³/mol. The fraction of sp³-hybridized carbons (Fsp3) is 0.562. The summed E-state index contributed by atoms with van der Waals surface area (Å²) in [5.74, 6) is -0.797. The van der Waals surface area contributed by atoms with Gasteiger partial charge in [0.05, 0.1) is 5.92 Å². The first-order chi connectivity index (χ1) is 9.60. The Morgan fingerprint density at radius 3 is 2.45 bits per heavy atom. The van der Waals surface area contributed by atoms with Crippen molar-refractivity contribution < 1.29 is 9.90 Å². The average Bonchev–Trinajstić information content (AvgIpc) is 2.47. The number of aliphatic carboxylic acids is 1. The summed E-state index contributed by atoms with van der Waals surface area (Å²) in [5, 5.41) is 9.82. The molecule has 0 amide bonds. The molecule has 0 bridgehead atoms. The van der Waals surface area contributed by atoms with Gasteiger partial charge >= 0.3 is 5.97 Å². The van der Waals surface area contributed by atoms with Gasteiger partial charge in [-0.25, -0.2) is 0 Å². The molecule has 1 fully saturated rings. The lowest BCUT2D eigenvalue weighted by atomic mass is 9.94. The van der Waals surface area contributed by atoms with E-state index < -0.39 is 5.97 Å². The number of halogens is 1. The lowest BCUT2D eigenvalue weighted by Gasteiger charge is -2.36.